The van der Waals surface area contributed by atoms with E-state index in [2.05, 4.69) is 56.5 Å². The van der Waals surface area contributed by atoms with E-state index in [1.165, 1.54) is 11.1 Å². The van der Waals surface area contributed by atoms with Crippen molar-refractivity contribution in [1.82, 2.24) is 25.0 Å². The van der Waals surface area contributed by atoms with Crippen molar-refractivity contribution in [2.45, 2.75) is 12.6 Å². The lowest BCUT2D eigenvalue weighted by Crippen LogP contribution is -2.53. The Kier molecular flexibility index (Phi) is 10.0. The van der Waals surface area contributed by atoms with Gasteiger partial charge in [0, 0.05) is 70.8 Å². The number of amides is 1. The molecule has 30 heavy (non-hydrogen) atoms. The van der Waals surface area contributed by atoms with Crippen molar-refractivity contribution in [3.05, 3.63) is 66.0 Å². The van der Waals surface area contributed by atoms with Crippen LogP contribution in [0.5, 0.6) is 0 Å². The second kappa shape index (κ2) is 12.2. The molecule has 8 heteroatoms. The smallest absolute Gasteiger partial charge is 0.236 e. The standard InChI is InChI=1S/C22H29N5O.2ClH/c28-22(18-27-10-9-24-16-21(27)20-7-4-8-23-15-20)26-13-11-25(12-14-26)17-19-5-2-1-3-6-19;;/h1-8,15,21,24H,9-14,16-18H2;2*1H. The van der Waals surface area contributed by atoms with Crippen molar-refractivity contribution < 1.29 is 4.79 Å². The molecule has 0 radical (unpaired) electrons. The number of benzene rings is 1. The molecule has 4 rings (SSSR count). The van der Waals surface area contributed by atoms with Crippen LogP contribution in [0.4, 0.5) is 0 Å². The average Bonchev–Trinajstić information content (AvgIpc) is 2.76. The van der Waals surface area contributed by atoms with Crippen LogP contribution >= 0.6 is 24.8 Å². The number of rotatable bonds is 5. The molecular formula is C22H31Cl2N5O. The summed E-state index contributed by atoms with van der Waals surface area (Å²) in [4.78, 5) is 24.0. The van der Waals surface area contributed by atoms with Gasteiger partial charge >= 0.3 is 0 Å². The topological polar surface area (TPSA) is 51.7 Å². The first kappa shape index (κ1) is 24.6. The minimum Gasteiger partial charge on any atom is -0.339 e. The Hall–Kier alpha value is -1.70. The van der Waals surface area contributed by atoms with E-state index in [9.17, 15) is 4.79 Å². The average molecular weight is 452 g/mol. The molecule has 2 aliphatic rings. The van der Waals surface area contributed by atoms with E-state index in [-0.39, 0.29) is 36.8 Å². The number of carbonyl (C=O) groups excluding carboxylic acids is 1. The third-order valence-corrected chi connectivity index (χ3v) is 5.74. The van der Waals surface area contributed by atoms with Crippen LogP contribution < -0.4 is 5.32 Å². The molecule has 0 bridgehead atoms. The number of hydrogen-bond donors (Lipinski definition) is 1. The highest BCUT2D eigenvalue weighted by Crippen LogP contribution is 2.21. The highest BCUT2D eigenvalue weighted by Gasteiger charge is 2.28. The Balaban J connectivity index is 0.00000160. The Morgan fingerprint density at radius 2 is 1.77 bits per heavy atom. The van der Waals surface area contributed by atoms with Gasteiger partial charge in [-0.05, 0) is 17.2 Å². The molecule has 0 aliphatic carbocycles. The highest BCUT2D eigenvalue weighted by atomic mass is 35.5. The third-order valence-electron chi connectivity index (χ3n) is 5.74. The predicted molar refractivity (Wildman–Crippen MR) is 124 cm³/mol. The predicted octanol–water partition coefficient (Wildman–Crippen LogP) is 2.22. The molecule has 0 spiro atoms. The van der Waals surface area contributed by atoms with E-state index in [1.54, 1.807) is 6.20 Å². The van der Waals surface area contributed by atoms with Gasteiger partial charge in [0.2, 0.25) is 5.91 Å². The van der Waals surface area contributed by atoms with Gasteiger partial charge in [0.05, 0.1) is 6.54 Å². The number of halogens is 2. The summed E-state index contributed by atoms with van der Waals surface area (Å²) < 4.78 is 0. The summed E-state index contributed by atoms with van der Waals surface area (Å²) in [6, 6.07) is 14.8. The van der Waals surface area contributed by atoms with Crippen LogP contribution in [0.3, 0.4) is 0 Å². The lowest BCUT2D eigenvalue weighted by atomic mass is 10.1. The number of nitrogens with one attached hydrogen (secondary N) is 1. The van der Waals surface area contributed by atoms with Crippen LogP contribution in [0.2, 0.25) is 0 Å². The van der Waals surface area contributed by atoms with Gasteiger partial charge in [-0.3, -0.25) is 19.6 Å². The second-order valence-electron chi connectivity index (χ2n) is 7.62. The quantitative estimate of drug-likeness (QED) is 0.754. The molecule has 3 heterocycles. The first-order valence-corrected chi connectivity index (χ1v) is 10.2. The highest BCUT2D eigenvalue weighted by molar-refractivity contribution is 5.85. The minimum atomic E-state index is 0. The Morgan fingerprint density at radius 1 is 1.00 bits per heavy atom. The number of aromatic nitrogens is 1. The molecule has 2 aliphatic heterocycles. The summed E-state index contributed by atoms with van der Waals surface area (Å²) in [6.45, 7) is 7.63. The second-order valence-corrected chi connectivity index (χ2v) is 7.62. The Bertz CT molecular complexity index is 757. The zero-order valence-corrected chi connectivity index (χ0v) is 18.8. The molecule has 6 nitrogen and oxygen atoms in total. The van der Waals surface area contributed by atoms with Gasteiger partial charge in [-0.1, -0.05) is 36.4 Å². The molecule has 1 aromatic carbocycles. The van der Waals surface area contributed by atoms with Gasteiger partial charge in [-0.2, -0.15) is 0 Å². The molecule has 1 aromatic heterocycles. The first-order chi connectivity index (χ1) is 13.8. The number of nitrogens with zero attached hydrogens (tertiary/aromatic N) is 4. The third kappa shape index (κ3) is 6.40. The van der Waals surface area contributed by atoms with Gasteiger partial charge in [-0.25, -0.2) is 0 Å². The zero-order chi connectivity index (χ0) is 19.2. The number of hydrogen-bond acceptors (Lipinski definition) is 5. The van der Waals surface area contributed by atoms with E-state index < -0.39 is 0 Å². The van der Waals surface area contributed by atoms with Gasteiger partial charge in [0.25, 0.3) is 0 Å². The van der Waals surface area contributed by atoms with Crippen LogP contribution in [-0.2, 0) is 11.3 Å². The maximum Gasteiger partial charge on any atom is 0.236 e. The Labute approximate surface area is 191 Å². The minimum absolute atomic E-state index is 0. The lowest BCUT2D eigenvalue weighted by Gasteiger charge is -2.39. The molecule has 1 atom stereocenters. The summed E-state index contributed by atoms with van der Waals surface area (Å²) in [5.74, 6) is 0.246. The fourth-order valence-corrected chi connectivity index (χ4v) is 4.11. The molecule has 2 aromatic rings. The van der Waals surface area contributed by atoms with Crippen LogP contribution in [0.25, 0.3) is 0 Å². The van der Waals surface area contributed by atoms with E-state index in [0.29, 0.717) is 6.54 Å². The molecule has 1 N–H and O–H groups in total. The fraction of sp³-hybridized carbons (Fsp3) is 0.455. The Morgan fingerprint density at radius 3 is 2.47 bits per heavy atom. The van der Waals surface area contributed by atoms with E-state index >= 15 is 0 Å². The number of piperazine rings is 2. The molecule has 164 valence electrons. The molecular weight excluding hydrogens is 421 g/mol. The van der Waals surface area contributed by atoms with Crippen LogP contribution in [0.1, 0.15) is 17.2 Å². The van der Waals surface area contributed by atoms with Crippen molar-refractivity contribution in [3.8, 4) is 0 Å². The maximum atomic E-state index is 12.9. The van der Waals surface area contributed by atoms with Crippen molar-refractivity contribution in [3.63, 3.8) is 0 Å². The molecule has 2 saturated heterocycles. The normalized spacial score (nSPS) is 20.1. The molecule has 2 fully saturated rings. The van der Waals surface area contributed by atoms with Crippen molar-refractivity contribution in [2.24, 2.45) is 0 Å². The van der Waals surface area contributed by atoms with E-state index in [4.69, 9.17) is 0 Å². The van der Waals surface area contributed by atoms with Crippen LogP contribution in [-0.4, -0.2) is 77.9 Å². The van der Waals surface area contributed by atoms with Crippen molar-refractivity contribution >= 4 is 30.7 Å². The first-order valence-electron chi connectivity index (χ1n) is 10.2. The SMILES string of the molecule is Cl.Cl.O=C(CN1CCNCC1c1cccnc1)N1CCN(Cc2ccccc2)CC1. The molecule has 0 saturated carbocycles. The fourth-order valence-electron chi connectivity index (χ4n) is 4.11. The van der Waals surface area contributed by atoms with E-state index in [0.717, 1.165) is 52.4 Å². The van der Waals surface area contributed by atoms with Gasteiger partial charge in [-0.15, -0.1) is 24.8 Å². The lowest BCUT2D eigenvalue weighted by molar-refractivity contribution is -0.135. The summed E-state index contributed by atoms with van der Waals surface area (Å²) in [5.41, 5.74) is 2.51. The van der Waals surface area contributed by atoms with Gasteiger partial charge in [0.15, 0.2) is 0 Å². The van der Waals surface area contributed by atoms with Crippen molar-refractivity contribution in [2.75, 3.05) is 52.4 Å². The zero-order valence-electron chi connectivity index (χ0n) is 17.2. The van der Waals surface area contributed by atoms with Crippen molar-refractivity contribution in [1.29, 1.82) is 0 Å². The number of pyridine rings is 1. The van der Waals surface area contributed by atoms with Gasteiger partial charge < -0.3 is 10.2 Å². The molecule has 1 unspecified atom stereocenters. The van der Waals surface area contributed by atoms with Crippen LogP contribution in [0.15, 0.2) is 54.9 Å². The summed E-state index contributed by atoms with van der Waals surface area (Å²) in [5, 5.41) is 3.44. The van der Waals surface area contributed by atoms with Gasteiger partial charge in [0.1, 0.15) is 0 Å². The van der Waals surface area contributed by atoms with E-state index in [1.807, 2.05) is 17.2 Å². The maximum absolute atomic E-state index is 12.9. The number of carbonyl (C=O) groups is 1. The summed E-state index contributed by atoms with van der Waals surface area (Å²) in [7, 11) is 0. The summed E-state index contributed by atoms with van der Waals surface area (Å²) in [6.07, 6.45) is 3.71. The monoisotopic (exact) mass is 451 g/mol. The largest absolute Gasteiger partial charge is 0.339 e. The molecule has 1 amide bonds. The summed E-state index contributed by atoms with van der Waals surface area (Å²) >= 11 is 0. The van der Waals surface area contributed by atoms with Crippen LogP contribution in [0, 0.1) is 0 Å².